The largest absolute Gasteiger partial charge is 0.370 e. The summed E-state index contributed by atoms with van der Waals surface area (Å²) in [4.78, 5) is 6.85. The van der Waals surface area contributed by atoms with Gasteiger partial charge in [-0.1, -0.05) is 19.9 Å². The maximum Gasteiger partial charge on any atom is 0.193 e. The molecule has 0 aliphatic heterocycles. The molecule has 5 heteroatoms. The Hall–Kier alpha value is -0.820. The average Bonchev–Trinajstić information content (AvgIpc) is 2.94. The molecule has 1 aliphatic rings. The number of nitrogens with zero attached hydrogens (tertiary/aromatic N) is 2. The number of nitrogens with one attached hydrogen (secondary N) is 1. The van der Waals surface area contributed by atoms with Crippen LogP contribution >= 0.6 is 24.0 Å². The predicted molar refractivity (Wildman–Crippen MR) is 106 cm³/mol. The van der Waals surface area contributed by atoms with Gasteiger partial charge in [0.25, 0.3) is 0 Å². The second-order valence-electron chi connectivity index (χ2n) is 5.76. The minimum atomic E-state index is 0. The SMILES string of the molecule is CCN(CC)C(C)CN=C(N)Nc1ccc2c(c1)CCC2.I. The molecule has 1 aromatic rings. The summed E-state index contributed by atoms with van der Waals surface area (Å²) < 4.78 is 0. The first kappa shape index (κ1) is 19.2. The molecular weight excluding hydrogens is 387 g/mol. The Balaban J connectivity index is 0.00000242. The van der Waals surface area contributed by atoms with Crippen molar-refractivity contribution >= 4 is 35.6 Å². The Labute approximate surface area is 151 Å². The van der Waals surface area contributed by atoms with Gasteiger partial charge in [-0.25, -0.2) is 0 Å². The summed E-state index contributed by atoms with van der Waals surface area (Å²) in [5, 5.41) is 3.21. The van der Waals surface area contributed by atoms with E-state index < -0.39 is 0 Å². The molecule has 124 valence electrons. The minimum Gasteiger partial charge on any atom is -0.370 e. The number of nitrogens with two attached hydrogens (primary N) is 1. The number of anilines is 1. The first-order chi connectivity index (χ1) is 10.1. The second-order valence-corrected chi connectivity index (χ2v) is 5.76. The fourth-order valence-electron chi connectivity index (χ4n) is 3.03. The van der Waals surface area contributed by atoms with Crippen LogP contribution in [0.2, 0.25) is 0 Å². The molecule has 22 heavy (non-hydrogen) atoms. The number of benzene rings is 1. The van der Waals surface area contributed by atoms with Crippen LogP contribution in [0.3, 0.4) is 0 Å². The van der Waals surface area contributed by atoms with E-state index in [9.17, 15) is 0 Å². The van der Waals surface area contributed by atoms with Crippen LogP contribution in [-0.4, -0.2) is 36.5 Å². The Morgan fingerprint density at radius 2 is 1.95 bits per heavy atom. The fraction of sp³-hybridized carbons (Fsp3) is 0.588. The lowest BCUT2D eigenvalue weighted by atomic mass is 10.1. The maximum absolute atomic E-state index is 6.00. The van der Waals surface area contributed by atoms with E-state index in [2.05, 4.69) is 54.2 Å². The number of aliphatic imine (C=N–C) groups is 1. The molecule has 0 spiro atoms. The van der Waals surface area contributed by atoms with Crippen molar-refractivity contribution in [2.75, 3.05) is 25.0 Å². The third kappa shape index (κ3) is 5.12. The lowest BCUT2D eigenvalue weighted by Crippen LogP contribution is -2.36. The van der Waals surface area contributed by atoms with Crippen LogP contribution in [0.1, 0.15) is 38.3 Å². The zero-order valence-corrected chi connectivity index (χ0v) is 16.3. The Morgan fingerprint density at radius 1 is 1.27 bits per heavy atom. The van der Waals surface area contributed by atoms with Crippen molar-refractivity contribution in [3.05, 3.63) is 29.3 Å². The molecule has 0 bridgehead atoms. The highest BCUT2D eigenvalue weighted by atomic mass is 127. The van der Waals surface area contributed by atoms with E-state index in [1.165, 1.54) is 30.4 Å². The summed E-state index contributed by atoms with van der Waals surface area (Å²) in [6.45, 7) is 9.37. The van der Waals surface area contributed by atoms with Crippen molar-refractivity contribution in [2.24, 2.45) is 10.7 Å². The second kappa shape index (κ2) is 9.35. The summed E-state index contributed by atoms with van der Waals surface area (Å²) in [7, 11) is 0. The van der Waals surface area contributed by atoms with Crippen molar-refractivity contribution in [1.82, 2.24) is 4.90 Å². The standard InChI is InChI=1S/C17H28N4.HI/c1-4-21(5-2)13(3)12-19-17(18)20-16-10-9-14-7-6-8-15(14)11-16;/h9-11,13H,4-8,12H2,1-3H3,(H3,18,19,20);1H. The zero-order valence-electron chi connectivity index (χ0n) is 13.9. The van der Waals surface area contributed by atoms with Crippen LogP contribution in [0.15, 0.2) is 23.2 Å². The number of aryl methyl sites for hydroxylation is 2. The molecule has 0 saturated carbocycles. The van der Waals surface area contributed by atoms with Crippen molar-refractivity contribution in [1.29, 1.82) is 0 Å². The molecule has 1 aromatic carbocycles. The third-order valence-corrected chi connectivity index (χ3v) is 4.33. The van der Waals surface area contributed by atoms with Gasteiger partial charge < -0.3 is 11.1 Å². The first-order valence-corrected chi connectivity index (χ1v) is 8.06. The molecule has 0 radical (unpaired) electrons. The third-order valence-electron chi connectivity index (χ3n) is 4.33. The van der Waals surface area contributed by atoms with Crippen molar-refractivity contribution in [2.45, 2.75) is 46.1 Å². The predicted octanol–water partition coefficient (Wildman–Crippen LogP) is 3.25. The van der Waals surface area contributed by atoms with E-state index in [1.54, 1.807) is 0 Å². The summed E-state index contributed by atoms with van der Waals surface area (Å²) >= 11 is 0. The number of hydrogen-bond acceptors (Lipinski definition) is 2. The average molecular weight is 416 g/mol. The van der Waals surface area contributed by atoms with Gasteiger partial charge in [0.05, 0.1) is 6.54 Å². The van der Waals surface area contributed by atoms with E-state index in [1.807, 2.05) is 0 Å². The fourth-order valence-corrected chi connectivity index (χ4v) is 3.03. The van der Waals surface area contributed by atoms with Gasteiger partial charge in [0.1, 0.15) is 0 Å². The van der Waals surface area contributed by atoms with Gasteiger partial charge in [0, 0.05) is 11.7 Å². The summed E-state index contributed by atoms with van der Waals surface area (Å²) in [6.07, 6.45) is 3.66. The molecule has 2 rings (SSSR count). The van der Waals surface area contributed by atoms with E-state index >= 15 is 0 Å². The maximum atomic E-state index is 6.00. The topological polar surface area (TPSA) is 53.6 Å². The van der Waals surface area contributed by atoms with Crippen LogP contribution in [0, 0.1) is 0 Å². The van der Waals surface area contributed by atoms with Gasteiger partial charge >= 0.3 is 0 Å². The Kier molecular flexibility index (Phi) is 8.17. The molecule has 0 saturated heterocycles. The molecule has 1 aliphatic carbocycles. The van der Waals surface area contributed by atoms with Crippen molar-refractivity contribution in [3.63, 3.8) is 0 Å². The Morgan fingerprint density at radius 3 is 2.64 bits per heavy atom. The molecule has 0 heterocycles. The quantitative estimate of drug-likeness (QED) is 0.425. The molecule has 0 amide bonds. The lowest BCUT2D eigenvalue weighted by Gasteiger charge is -2.24. The molecule has 1 unspecified atom stereocenters. The smallest absolute Gasteiger partial charge is 0.193 e. The number of hydrogen-bond donors (Lipinski definition) is 2. The highest BCUT2D eigenvalue weighted by Crippen LogP contribution is 2.24. The normalized spacial score (nSPS) is 15.4. The minimum absolute atomic E-state index is 0. The number of fused-ring (bicyclic) bond motifs is 1. The lowest BCUT2D eigenvalue weighted by molar-refractivity contribution is 0.237. The zero-order chi connectivity index (χ0) is 15.2. The molecule has 1 atom stereocenters. The number of guanidine groups is 1. The molecular formula is C17H29IN4. The Bertz CT molecular complexity index is 497. The number of halogens is 1. The van der Waals surface area contributed by atoms with Gasteiger partial charge in [-0.2, -0.15) is 0 Å². The van der Waals surface area contributed by atoms with Crippen molar-refractivity contribution in [3.8, 4) is 0 Å². The van der Waals surface area contributed by atoms with E-state index in [-0.39, 0.29) is 24.0 Å². The van der Waals surface area contributed by atoms with Crippen LogP contribution in [0.4, 0.5) is 5.69 Å². The van der Waals surface area contributed by atoms with Gasteiger partial charge in [-0.05, 0) is 62.5 Å². The van der Waals surface area contributed by atoms with Gasteiger partial charge in [-0.15, -0.1) is 24.0 Å². The van der Waals surface area contributed by atoms with Crippen LogP contribution < -0.4 is 11.1 Å². The van der Waals surface area contributed by atoms with E-state index in [0.717, 1.165) is 25.3 Å². The van der Waals surface area contributed by atoms with Crippen LogP contribution in [-0.2, 0) is 12.8 Å². The highest BCUT2D eigenvalue weighted by molar-refractivity contribution is 14.0. The molecule has 3 N–H and O–H groups in total. The van der Waals surface area contributed by atoms with Gasteiger partial charge in [0.2, 0.25) is 0 Å². The number of likely N-dealkylation sites (N-methyl/N-ethyl adjacent to an activating group) is 1. The molecule has 0 fully saturated rings. The van der Waals surface area contributed by atoms with E-state index in [0.29, 0.717) is 12.0 Å². The highest BCUT2D eigenvalue weighted by Gasteiger charge is 2.11. The van der Waals surface area contributed by atoms with Crippen LogP contribution in [0.25, 0.3) is 0 Å². The van der Waals surface area contributed by atoms with Gasteiger partial charge in [-0.3, -0.25) is 9.89 Å². The number of rotatable bonds is 6. The first-order valence-electron chi connectivity index (χ1n) is 8.06. The summed E-state index contributed by atoms with van der Waals surface area (Å²) in [5.74, 6) is 0.506. The summed E-state index contributed by atoms with van der Waals surface area (Å²) in [5.41, 5.74) is 9.98. The van der Waals surface area contributed by atoms with E-state index in [4.69, 9.17) is 5.73 Å². The molecule has 4 nitrogen and oxygen atoms in total. The van der Waals surface area contributed by atoms with Crippen molar-refractivity contribution < 1.29 is 0 Å². The molecule has 0 aromatic heterocycles. The summed E-state index contributed by atoms with van der Waals surface area (Å²) in [6, 6.07) is 6.93. The monoisotopic (exact) mass is 416 g/mol. The van der Waals surface area contributed by atoms with Gasteiger partial charge in [0.15, 0.2) is 5.96 Å². The van der Waals surface area contributed by atoms with Crippen LogP contribution in [0.5, 0.6) is 0 Å².